The Balaban J connectivity index is 1.79. The number of amides is 1. The highest BCUT2D eigenvalue weighted by molar-refractivity contribution is 5.68. The Morgan fingerprint density at radius 3 is 2.57 bits per heavy atom. The molecule has 23 heavy (non-hydrogen) atoms. The average Bonchev–Trinajstić information content (AvgIpc) is 2.95. The van der Waals surface area contributed by atoms with E-state index in [1.165, 1.54) is 0 Å². The third kappa shape index (κ3) is 5.62. The van der Waals surface area contributed by atoms with Crippen LogP contribution >= 0.6 is 0 Å². The van der Waals surface area contributed by atoms with Crippen molar-refractivity contribution in [2.75, 3.05) is 53.0 Å². The maximum absolute atomic E-state index is 12.2. The summed E-state index contributed by atoms with van der Waals surface area (Å²) in [5.41, 5.74) is -0.437. The summed E-state index contributed by atoms with van der Waals surface area (Å²) in [6, 6.07) is 0.752. The molecular weight excluding hydrogens is 294 g/mol. The Morgan fingerprint density at radius 2 is 1.96 bits per heavy atom. The molecule has 6 heteroatoms. The van der Waals surface area contributed by atoms with Gasteiger partial charge < -0.3 is 14.4 Å². The van der Waals surface area contributed by atoms with Crippen LogP contribution in [0.4, 0.5) is 4.79 Å². The normalized spacial score (nSPS) is 25.3. The fourth-order valence-electron chi connectivity index (χ4n) is 3.24. The number of ether oxygens (including phenoxy) is 2. The first-order valence-electron chi connectivity index (χ1n) is 8.76. The van der Waals surface area contributed by atoms with Gasteiger partial charge in [0.25, 0.3) is 0 Å². The summed E-state index contributed by atoms with van der Waals surface area (Å²) in [7, 11) is 1.86. The first-order chi connectivity index (χ1) is 10.8. The summed E-state index contributed by atoms with van der Waals surface area (Å²) in [5.74, 6) is 0. The van der Waals surface area contributed by atoms with Crippen molar-refractivity contribution in [1.29, 1.82) is 0 Å². The minimum Gasteiger partial charge on any atom is -0.444 e. The van der Waals surface area contributed by atoms with Crippen LogP contribution in [-0.2, 0) is 9.47 Å². The topological polar surface area (TPSA) is 45.2 Å². The van der Waals surface area contributed by atoms with E-state index >= 15 is 0 Å². The highest BCUT2D eigenvalue weighted by Gasteiger charge is 2.33. The number of carbonyl (C=O) groups excluding carboxylic acids is 1. The lowest BCUT2D eigenvalue weighted by Gasteiger charge is -2.33. The first-order valence-corrected chi connectivity index (χ1v) is 8.76. The van der Waals surface area contributed by atoms with E-state index in [4.69, 9.17) is 9.47 Å². The Morgan fingerprint density at radius 1 is 1.30 bits per heavy atom. The fraction of sp³-hybridized carbons (Fsp3) is 0.941. The zero-order chi connectivity index (χ0) is 17.0. The third-order valence-electron chi connectivity index (χ3n) is 4.67. The molecular formula is C17H33N3O3. The van der Waals surface area contributed by atoms with Crippen molar-refractivity contribution in [2.45, 2.75) is 51.8 Å². The van der Waals surface area contributed by atoms with Gasteiger partial charge in [0.2, 0.25) is 0 Å². The van der Waals surface area contributed by atoms with E-state index < -0.39 is 5.60 Å². The standard InChI is InChI=1S/C17H33N3O3/c1-14(12-19-8-10-22-11-9-19)20-7-6-15(13-20)18(5)16(21)23-17(2,3)4/h14-15H,6-13H2,1-5H3/t14-,15-/m1/s1. The van der Waals surface area contributed by atoms with Gasteiger partial charge in [0, 0.05) is 51.9 Å². The molecule has 2 aliphatic rings. The molecule has 0 bridgehead atoms. The van der Waals surface area contributed by atoms with Crippen molar-refractivity contribution in [3.63, 3.8) is 0 Å². The number of likely N-dealkylation sites (tertiary alicyclic amines) is 1. The predicted molar refractivity (Wildman–Crippen MR) is 90.7 cm³/mol. The SMILES string of the molecule is C[C@H](CN1CCOCC1)N1CC[C@@H](N(C)C(=O)OC(C)(C)C)C1. The Labute approximate surface area is 140 Å². The van der Waals surface area contributed by atoms with Gasteiger partial charge in [-0.2, -0.15) is 0 Å². The van der Waals surface area contributed by atoms with Gasteiger partial charge in [-0.3, -0.25) is 9.80 Å². The second-order valence-electron chi connectivity index (χ2n) is 7.79. The molecule has 0 saturated carbocycles. The molecule has 6 nitrogen and oxygen atoms in total. The van der Waals surface area contributed by atoms with Crippen LogP contribution in [0.2, 0.25) is 0 Å². The van der Waals surface area contributed by atoms with E-state index in [0.717, 1.165) is 52.4 Å². The Bertz CT molecular complexity index is 391. The van der Waals surface area contributed by atoms with Crippen LogP contribution in [0.3, 0.4) is 0 Å². The molecule has 134 valence electrons. The van der Waals surface area contributed by atoms with E-state index in [9.17, 15) is 4.79 Å². The molecule has 0 aromatic heterocycles. The summed E-state index contributed by atoms with van der Waals surface area (Å²) in [4.78, 5) is 18.9. The zero-order valence-electron chi connectivity index (χ0n) is 15.4. The van der Waals surface area contributed by atoms with E-state index in [1.807, 2.05) is 27.8 Å². The van der Waals surface area contributed by atoms with E-state index in [-0.39, 0.29) is 12.1 Å². The van der Waals surface area contributed by atoms with Gasteiger partial charge in [0.15, 0.2) is 0 Å². The largest absolute Gasteiger partial charge is 0.444 e. The zero-order valence-corrected chi connectivity index (χ0v) is 15.4. The number of hydrogen-bond acceptors (Lipinski definition) is 5. The summed E-state index contributed by atoms with van der Waals surface area (Å²) in [6.07, 6.45) is 0.800. The van der Waals surface area contributed by atoms with Gasteiger partial charge >= 0.3 is 6.09 Å². The lowest BCUT2D eigenvalue weighted by Crippen LogP contribution is -2.47. The van der Waals surface area contributed by atoms with Gasteiger partial charge in [-0.25, -0.2) is 4.79 Å². The van der Waals surface area contributed by atoms with Crippen molar-refractivity contribution in [1.82, 2.24) is 14.7 Å². The van der Waals surface area contributed by atoms with Crippen molar-refractivity contribution in [2.24, 2.45) is 0 Å². The van der Waals surface area contributed by atoms with Gasteiger partial charge in [0.05, 0.1) is 13.2 Å². The molecule has 2 fully saturated rings. The molecule has 2 rings (SSSR count). The lowest BCUT2D eigenvalue weighted by molar-refractivity contribution is 0.0194. The number of rotatable bonds is 4. The van der Waals surface area contributed by atoms with Gasteiger partial charge in [0.1, 0.15) is 5.60 Å². The van der Waals surface area contributed by atoms with Crippen molar-refractivity contribution >= 4 is 6.09 Å². The minimum absolute atomic E-state index is 0.217. The van der Waals surface area contributed by atoms with Crippen molar-refractivity contribution < 1.29 is 14.3 Å². The monoisotopic (exact) mass is 327 g/mol. The third-order valence-corrected chi connectivity index (χ3v) is 4.67. The molecule has 2 saturated heterocycles. The summed E-state index contributed by atoms with van der Waals surface area (Å²) in [6.45, 7) is 14.8. The summed E-state index contributed by atoms with van der Waals surface area (Å²) in [5, 5.41) is 0. The second kappa shape index (κ2) is 7.81. The number of carbonyl (C=O) groups is 1. The molecule has 2 atom stereocenters. The van der Waals surface area contributed by atoms with Crippen LogP contribution in [0.15, 0.2) is 0 Å². The van der Waals surface area contributed by atoms with Crippen molar-refractivity contribution in [3.05, 3.63) is 0 Å². The van der Waals surface area contributed by atoms with Crippen molar-refractivity contribution in [3.8, 4) is 0 Å². The highest BCUT2D eigenvalue weighted by atomic mass is 16.6. The number of likely N-dealkylation sites (N-methyl/N-ethyl adjacent to an activating group) is 1. The van der Waals surface area contributed by atoms with Crippen LogP contribution in [0.1, 0.15) is 34.1 Å². The first kappa shape index (κ1) is 18.5. The van der Waals surface area contributed by atoms with Gasteiger partial charge in [-0.05, 0) is 34.1 Å². The number of hydrogen-bond donors (Lipinski definition) is 0. The van der Waals surface area contributed by atoms with Gasteiger partial charge in [-0.1, -0.05) is 0 Å². The van der Waals surface area contributed by atoms with Gasteiger partial charge in [-0.15, -0.1) is 0 Å². The fourth-order valence-corrected chi connectivity index (χ4v) is 3.24. The molecule has 0 N–H and O–H groups in total. The molecule has 0 aromatic carbocycles. The molecule has 0 spiro atoms. The Hall–Kier alpha value is -0.850. The van der Waals surface area contributed by atoms with Crippen LogP contribution < -0.4 is 0 Å². The predicted octanol–water partition coefficient (Wildman–Crippen LogP) is 1.65. The van der Waals surface area contributed by atoms with E-state index in [1.54, 1.807) is 4.90 Å². The maximum atomic E-state index is 12.2. The van der Waals surface area contributed by atoms with Crippen LogP contribution in [-0.4, -0.2) is 91.5 Å². The lowest BCUT2D eigenvalue weighted by atomic mass is 10.2. The average molecular weight is 327 g/mol. The summed E-state index contributed by atoms with van der Waals surface area (Å²) >= 11 is 0. The quantitative estimate of drug-likeness (QED) is 0.786. The highest BCUT2D eigenvalue weighted by Crippen LogP contribution is 2.20. The van der Waals surface area contributed by atoms with Crippen LogP contribution in [0.5, 0.6) is 0 Å². The molecule has 0 aliphatic carbocycles. The molecule has 0 unspecified atom stereocenters. The van der Waals surface area contributed by atoms with E-state index in [2.05, 4.69) is 16.7 Å². The molecule has 1 amide bonds. The van der Waals surface area contributed by atoms with E-state index in [0.29, 0.717) is 6.04 Å². The molecule has 0 aromatic rings. The maximum Gasteiger partial charge on any atom is 0.410 e. The number of morpholine rings is 1. The van der Waals surface area contributed by atoms with Crippen LogP contribution in [0.25, 0.3) is 0 Å². The summed E-state index contributed by atoms with van der Waals surface area (Å²) < 4.78 is 10.9. The molecule has 0 radical (unpaired) electrons. The second-order valence-corrected chi connectivity index (χ2v) is 7.79. The van der Waals surface area contributed by atoms with Crippen LogP contribution in [0, 0.1) is 0 Å². The Kier molecular flexibility index (Phi) is 6.28. The molecule has 2 heterocycles. The number of nitrogens with zero attached hydrogens (tertiary/aromatic N) is 3. The smallest absolute Gasteiger partial charge is 0.410 e. The molecule has 2 aliphatic heterocycles. The minimum atomic E-state index is -0.437.